The number of nitrogens with zero attached hydrogens (tertiary/aromatic N) is 4. The summed E-state index contributed by atoms with van der Waals surface area (Å²) in [6, 6.07) is 0. The lowest BCUT2D eigenvalue weighted by molar-refractivity contribution is 0.657. The maximum Gasteiger partial charge on any atom is 0.237 e. The summed E-state index contributed by atoms with van der Waals surface area (Å²) in [5.74, 6) is 1.15. The van der Waals surface area contributed by atoms with Gasteiger partial charge >= 0.3 is 0 Å². The molecule has 0 fully saturated rings. The Labute approximate surface area is 96.4 Å². The maximum absolute atomic E-state index is 11.3. The van der Waals surface area contributed by atoms with E-state index in [1.165, 1.54) is 0 Å². The molecule has 2 rings (SSSR count). The highest BCUT2D eigenvalue weighted by Crippen LogP contribution is 2.17. The van der Waals surface area contributed by atoms with Gasteiger partial charge in [-0.3, -0.25) is 4.21 Å². The Morgan fingerprint density at radius 2 is 2.12 bits per heavy atom. The zero-order valence-electron chi connectivity index (χ0n) is 9.76. The molecule has 0 aliphatic heterocycles. The van der Waals surface area contributed by atoms with Gasteiger partial charge in [0.05, 0.1) is 22.7 Å². The molecule has 2 aromatic heterocycles. The van der Waals surface area contributed by atoms with E-state index in [1.54, 1.807) is 17.0 Å². The van der Waals surface area contributed by atoms with Crippen molar-refractivity contribution in [3.8, 4) is 0 Å². The zero-order valence-corrected chi connectivity index (χ0v) is 10.6. The fourth-order valence-corrected chi connectivity index (χ4v) is 1.94. The monoisotopic (exact) mass is 238 g/mol. The Balaban J connectivity index is 2.74. The lowest BCUT2D eigenvalue weighted by Gasteiger charge is -2.03. The van der Waals surface area contributed by atoms with E-state index in [2.05, 4.69) is 28.9 Å². The molecule has 0 saturated heterocycles. The Hall–Kier alpha value is -1.30. The lowest BCUT2D eigenvalue weighted by Crippen LogP contribution is -2.06. The van der Waals surface area contributed by atoms with Crippen LogP contribution >= 0.6 is 0 Å². The number of aryl methyl sites for hydroxylation is 1. The molecule has 0 radical (unpaired) electrons. The number of hydrogen-bond donors (Lipinski definition) is 0. The van der Waals surface area contributed by atoms with E-state index < -0.39 is 10.8 Å². The van der Waals surface area contributed by atoms with Gasteiger partial charge in [-0.05, 0) is 6.92 Å². The third-order valence-corrected chi connectivity index (χ3v) is 3.06. The average Bonchev–Trinajstić information content (AvgIpc) is 2.56. The van der Waals surface area contributed by atoms with Crippen molar-refractivity contribution < 1.29 is 4.21 Å². The smallest absolute Gasteiger partial charge is 0.237 e. The topological polar surface area (TPSA) is 60.2 Å². The summed E-state index contributed by atoms with van der Waals surface area (Å²) in [5, 5.41) is 4.60. The molecule has 5 nitrogen and oxygen atoms in total. The first kappa shape index (κ1) is 11.2. The summed E-state index contributed by atoms with van der Waals surface area (Å²) in [5.41, 5.74) is 1.77. The van der Waals surface area contributed by atoms with Crippen LogP contribution in [0.3, 0.4) is 0 Å². The van der Waals surface area contributed by atoms with Gasteiger partial charge in [-0.15, -0.1) is 5.10 Å². The largest absolute Gasteiger partial charge is 0.251 e. The maximum atomic E-state index is 11.3. The molecule has 0 saturated carbocycles. The van der Waals surface area contributed by atoms with E-state index in [0.29, 0.717) is 5.16 Å². The fraction of sp³-hybridized carbons (Fsp3) is 0.500. The molecule has 0 spiro atoms. The highest BCUT2D eigenvalue weighted by atomic mass is 32.2. The summed E-state index contributed by atoms with van der Waals surface area (Å²) in [4.78, 5) is 8.52. The van der Waals surface area contributed by atoms with Gasteiger partial charge in [0, 0.05) is 12.2 Å². The highest BCUT2D eigenvalue weighted by molar-refractivity contribution is 7.84. The molecule has 0 aliphatic rings. The molecule has 0 amide bonds. The van der Waals surface area contributed by atoms with E-state index in [9.17, 15) is 4.21 Å². The van der Waals surface area contributed by atoms with Crippen LogP contribution in [0.2, 0.25) is 0 Å². The van der Waals surface area contributed by atoms with Crippen molar-refractivity contribution in [1.82, 2.24) is 19.6 Å². The first-order valence-electron chi connectivity index (χ1n) is 5.06. The molecule has 86 valence electrons. The van der Waals surface area contributed by atoms with E-state index in [-0.39, 0.29) is 5.92 Å². The third-order valence-electron chi connectivity index (χ3n) is 2.35. The second-order valence-corrected chi connectivity index (χ2v) is 5.28. The molecule has 0 aliphatic carbocycles. The SMILES string of the molecule is Cc1nc(C(C)C)n2nc(S(C)=O)ncc12. The Bertz CT molecular complexity index is 561. The summed E-state index contributed by atoms with van der Waals surface area (Å²) in [7, 11) is -1.17. The van der Waals surface area contributed by atoms with Crippen LogP contribution < -0.4 is 0 Å². The van der Waals surface area contributed by atoms with E-state index >= 15 is 0 Å². The Morgan fingerprint density at radius 1 is 1.44 bits per heavy atom. The van der Waals surface area contributed by atoms with Crippen molar-refractivity contribution in [2.45, 2.75) is 31.8 Å². The van der Waals surface area contributed by atoms with Crippen LogP contribution in [0, 0.1) is 6.92 Å². The normalized spacial score (nSPS) is 13.6. The van der Waals surface area contributed by atoms with Crippen LogP contribution in [0.25, 0.3) is 5.52 Å². The summed E-state index contributed by atoms with van der Waals surface area (Å²) in [6.45, 7) is 6.03. The highest BCUT2D eigenvalue weighted by Gasteiger charge is 2.14. The predicted molar refractivity (Wildman–Crippen MR) is 61.9 cm³/mol. The minimum absolute atomic E-state index is 0.272. The van der Waals surface area contributed by atoms with Gasteiger partial charge in [-0.25, -0.2) is 14.5 Å². The van der Waals surface area contributed by atoms with Gasteiger partial charge in [-0.1, -0.05) is 13.8 Å². The van der Waals surface area contributed by atoms with E-state index in [4.69, 9.17) is 0 Å². The van der Waals surface area contributed by atoms with Crippen molar-refractivity contribution in [3.63, 3.8) is 0 Å². The number of hydrogen-bond acceptors (Lipinski definition) is 4. The van der Waals surface area contributed by atoms with Gasteiger partial charge in [0.25, 0.3) is 0 Å². The Kier molecular flexibility index (Phi) is 2.75. The van der Waals surface area contributed by atoms with Gasteiger partial charge in [0.1, 0.15) is 11.3 Å². The molecule has 2 aromatic rings. The molecule has 0 aromatic carbocycles. The molecule has 1 atom stereocenters. The van der Waals surface area contributed by atoms with Gasteiger partial charge in [0.15, 0.2) is 0 Å². The second-order valence-electron chi connectivity index (χ2n) is 4.00. The lowest BCUT2D eigenvalue weighted by atomic mass is 10.2. The van der Waals surface area contributed by atoms with Gasteiger partial charge in [0.2, 0.25) is 5.16 Å². The van der Waals surface area contributed by atoms with Crippen LogP contribution in [-0.4, -0.2) is 30.0 Å². The first-order chi connectivity index (χ1) is 7.50. The third kappa shape index (κ3) is 1.73. The second kappa shape index (κ2) is 3.93. The molecule has 2 heterocycles. The van der Waals surface area contributed by atoms with Crippen LogP contribution in [0.15, 0.2) is 11.4 Å². The van der Waals surface area contributed by atoms with Crippen molar-refractivity contribution in [1.29, 1.82) is 0 Å². The van der Waals surface area contributed by atoms with Crippen molar-refractivity contribution in [2.24, 2.45) is 0 Å². The Morgan fingerprint density at radius 3 is 2.69 bits per heavy atom. The van der Waals surface area contributed by atoms with Gasteiger partial charge < -0.3 is 0 Å². The predicted octanol–water partition coefficient (Wildman–Crippen LogP) is 1.29. The van der Waals surface area contributed by atoms with Crippen LogP contribution in [0.5, 0.6) is 0 Å². The molecule has 0 N–H and O–H groups in total. The van der Waals surface area contributed by atoms with Crippen molar-refractivity contribution in [3.05, 3.63) is 17.7 Å². The van der Waals surface area contributed by atoms with E-state index in [0.717, 1.165) is 17.0 Å². The van der Waals surface area contributed by atoms with Crippen LogP contribution in [0.4, 0.5) is 0 Å². The zero-order chi connectivity index (χ0) is 11.9. The van der Waals surface area contributed by atoms with Gasteiger partial charge in [-0.2, -0.15) is 0 Å². The molecule has 1 unspecified atom stereocenters. The number of fused-ring (bicyclic) bond motifs is 1. The van der Waals surface area contributed by atoms with Crippen molar-refractivity contribution >= 4 is 16.3 Å². The fourth-order valence-electron chi connectivity index (χ4n) is 1.54. The first-order valence-corrected chi connectivity index (χ1v) is 6.62. The van der Waals surface area contributed by atoms with Crippen LogP contribution in [0.1, 0.15) is 31.3 Å². The number of aromatic nitrogens is 4. The molecule has 16 heavy (non-hydrogen) atoms. The molecule has 6 heteroatoms. The minimum atomic E-state index is -1.17. The summed E-state index contributed by atoms with van der Waals surface area (Å²) >= 11 is 0. The van der Waals surface area contributed by atoms with Crippen molar-refractivity contribution in [2.75, 3.05) is 6.26 Å². The molecular formula is C10H14N4OS. The number of imidazole rings is 1. The summed E-state index contributed by atoms with van der Waals surface area (Å²) < 4.78 is 13.1. The standard InChI is InChI=1S/C10H14N4OS/c1-6(2)9-12-7(3)8-5-11-10(16(4)15)13-14(8)9/h5-6H,1-4H3. The quantitative estimate of drug-likeness (QED) is 0.791. The average molecular weight is 238 g/mol. The minimum Gasteiger partial charge on any atom is -0.251 e. The van der Waals surface area contributed by atoms with E-state index in [1.807, 2.05) is 6.92 Å². The number of rotatable bonds is 2. The van der Waals surface area contributed by atoms with Crippen LogP contribution in [-0.2, 0) is 10.8 Å². The molecule has 0 bridgehead atoms. The molecular weight excluding hydrogens is 224 g/mol. The summed E-state index contributed by atoms with van der Waals surface area (Å²) in [6.07, 6.45) is 3.25.